The Kier molecular flexibility index (Phi) is 2.33. The summed E-state index contributed by atoms with van der Waals surface area (Å²) >= 11 is 5.75. The highest BCUT2D eigenvalue weighted by atomic mass is 35.5. The Morgan fingerprint density at radius 2 is 2.00 bits per heavy atom. The molecule has 0 radical (unpaired) electrons. The van der Waals surface area contributed by atoms with E-state index in [4.69, 9.17) is 11.6 Å². The second-order valence-electron chi connectivity index (χ2n) is 2.79. The molecule has 0 saturated carbocycles. The molecule has 3 nitrogen and oxygen atoms in total. The molecule has 0 fully saturated rings. The smallest absolute Gasteiger partial charge is 0.197 e. The zero-order valence-electron chi connectivity index (χ0n) is 7.20. The van der Waals surface area contributed by atoms with Gasteiger partial charge in [0.25, 0.3) is 0 Å². The first-order chi connectivity index (χ1) is 6.79. The maximum absolute atomic E-state index is 11.8. The van der Waals surface area contributed by atoms with E-state index in [0.29, 0.717) is 11.1 Å². The number of hydrogen-bond donors (Lipinski definition) is 1. The summed E-state index contributed by atoms with van der Waals surface area (Å²) in [7, 11) is 0. The Morgan fingerprint density at radius 1 is 1.29 bits per heavy atom. The van der Waals surface area contributed by atoms with Crippen LogP contribution in [0.1, 0.15) is 15.9 Å². The van der Waals surface area contributed by atoms with Gasteiger partial charge in [0.15, 0.2) is 5.78 Å². The minimum atomic E-state index is -0.121. The highest BCUT2D eigenvalue weighted by Gasteiger charge is 2.13. The average Bonchev–Trinajstić information content (AvgIpc) is 2.65. The van der Waals surface area contributed by atoms with E-state index in [1.807, 2.05) is 6.07 Å². The molecule has 1 aromatic heterocycles. The number of halogens is 1. The Morgan fingerprint density at radius 3 is 2.57 bits per heavy atom. The van der Waals surface area contributed by atoms with Gasteiger partial charge in [-0.2, -0.15) is 5.10 Å². The number of carbonyl (C=O) groups is 1. The van der Waals surface area contributed by atoms with Crippen LogP contribution in [0.4, 0.5) is 0 Å². The van der Waals surface area contributed by atoms with Gasteiger partial charge < -0.3 is 0 Å². The van der Waals surface area contributed by atoms with E-state index in [-0.39, 0.29) is 10.9 Å². The van der Waals surface area contributed by atoms with Gasteiger partial charge in [-0.3, -0.25) is 9.89 Å². The molecule has 0 unspecified atom stereocenters. The highest BCUT2D eigenvalue weighted by Crippen LogP contribution is 2.15. The molecule has 0 spiro atoms. The first kappa shape index (κ1) is 8.97. The van der Waals surface area contributed by atoms with Crippen LogP contribution in [0.25, 0.3) is 0 Å². The maximum atomic E-state index is 11.8. The number of rotatable bonds is 2. The number of aromatic amines is 1. The Labute approximate surface area is 85.7 Å². The lowest BCUT2D eigenvalue weighted by Gasteiger charge is -1.96. The van der Waals surface area contributed by atoms with Crippen LogP contribution in [-0.2, 0) is 0 Å². The van der Waals surface area contributed by atoms with Crippen molar-refractivity contribution < 1.29 is 4.79 Å². The quantitative estimate of drug-likeness (QED) is 0.767. The monoisotopic (exact) mass is 206 g/mol. The standard InChI is InChI=1S/C10H7ClN2O/c11-10-8(6-12-13-10)9(14)7-4-2-1-3-5-7/h1-6H,(H,12,13). The third kappa shape index (κ3) is 1.54. The van der Waals surface area contributed by atoms with Gasteiger partial charge in [0.2, 0.25) is 0 Å². The molecule has 1 heterocycles. The van der Waals surface area contributed by atoms with Gasteiger partial charge in [0, 0.05) is 5.56 Å². The third-order valence-electron chi connectivity index (χ3n) is 1.87. The topological polar surface area (TPSA) is 45.8 Å². The van der Waals surface area contributed by atoms with Crippen molar-refractivity contribution in [2.75, 3.05) is 0 Å². The summed E-state index contributed by atoms with van der Waals surface area (Å²) in [5.41, 5.74) is 1.01. The molecule has 70 valence electrons. The van der Waals surface area contributed by atoms with Gasteiger partial charge in [-0.25, -0.2) is 0 Å². The number of carbonyl (C=O) groups excluding carboxylic acids is 1. The third-order valence-corrected chi connectivity index (χ3v) is 2.16. The second-order valence-corrected chi connectivity index (χ2v) is 3.17. The maximum Gasteiger partial charge on any atom is 0.197 e. The first-order valence-corrected chi connectivity index (χ1v) is 4.45. The predicted octanol–water partition coefficient (Wildman–Crippen LogP) is 2.29. The lowest BCUT2D eigenvalue weighted by molar-refractivity contribution is 0.103. The van der Waals surface area contributed by atoms with Gasteiger partial charge >= 0.3 is 0 Å². The number of nitrogens with one attached hydrogen (secondary N) is 1. The van der Waals surface area contributed by atoms with Crippen molar-refractivity contribution >= 4 is 17.4 Å². The minimum Gasteiger partial charge on any atom is -0.288 e. The van der Waals surface area contributed by atoms with Crippen LogP contribution >= 0.6 is 11.6 Å². The van der Waals surface area contributed by atoms with Crippen molar-refractivity contribution in [1.29, 1.82) is 0 Å². The van der Waals surface area contributed by atoms with Crippen LogP contribution in [0, 0.1) is 0 Å². The molecule has 1 aromatic carbocycles. The molecule has 0 aliphatic carbocycles. The Hall–Kier alpha value is -1.61. The average molecular weight is 207 g/mol. The van der Waals surface area contributed by atoms with E-state index < -0.39 is 0 Å². The van der Waals surface area contributed by atoms with Crippen LogP contribution in [0.15, 0.2) is 36.5 Å². The Bertz CT molecular complexity index is 450. The fourth-order valence-corrected chi connectivity index (χ4v) is 1.36. The van der Waals surface area contributed by atoms with Gasteiger partial charge in [-0.05, 0) is 0 Å². The molecule has 0 saturated heterocycles. The summed E-state index contributed by atoms with van der Waals surface area (Å²) in [4.78, 5) is 11.8. The molecule has 0 aliphatic rings. The van der Waals surface area contributed by atoms with E-state index in [0.717, 1.165) is 0 Å². The van der Waals surface area contributed by atoms with Crippen molar-refractivity contribution in [3.05, 3.63) is 52.8 Å². The molecule has 1 N–H and O–H groups in total. The van der Waals surface area contributed by atoms with Crippen molar-refractivity contribution in [3.63, 3.8) is 0 Å². The molecule has 2 aromatic rings. The fraction of sp³-hybridized carbons (Fsp3) is 0. The number of ketones is 1. The molecule has 14 heavy (non-hydrogen) atoms. The van der Waals surface area contributed by atoms with Crippen LogP contribution in [0.3, 0.4) is 0 Å². The van der Waals surface area contributed by atoms with Gasteiger partial charge in [0.05, 0.1) is 11.8 Å². The van der Waals surface area contributed by atoms with E-state index in [1.165, 1.54) is 6.20 Å². The summed E-state index contributed by atoms with van der Waals surface area (Å²) in [6, 6.07) is 8.95. The van der Waals surface area contributed by atoms with Crippen molar-refractivity contribution in [1.82, 2.24) is 10.2 Å². The Balaban J connectivity index is 2.39. The summed E-state index contributed by atoms with van der Waals surface area (Å²) in [6.07, 6.45) is 1.43. The van der Waals surface area contributed by atoms with E-state index in [2.05, 4.69) is 10.2 Å². The van der Waals surface area contributed by atoms with Crippen molar-refractivity contribution in [3.8, 4) is 0 Å². The summed E-state index contributed by atoms with van der Waals surface area (Å²) in [5.74, 6) is -0.121. The zero-order valence-corrected chi connectivity index (χ0v) is 7.95. The van der Waals surface area contributed by atoms with Gasteiger partial charge in [-0.15, -0.1) is 0 Å². The summed E-state index contributed by atoms with van der Waals surface area (Å²) in [6.45, 7) is 0. The number of nitrogens with zero attached hydrogens (tertiary/aromatic N) is 1. The first-order valence-electron chi connectivity index (χ1n) is 4.07. The number of benzene rings is 1. The lowest BCUT2D eigenvalue weighted by Crippen LogP contribution is -1.99. The summed E-state index contributed by atoms with van der Waals surface area (Å²) in [5, 5.41) is 6.48. The van der Waals surface area contributed by atoms with Crippen LogP contribution in [0.2, 0.25) is 5.15 Å². The van der Waals surface area contributed by atoms with Crippen LogP contribution in [0.5, 0.6) is 0 Å². The van der Waals surface area contributed by atoms with Crippen molar-refractivity contribution in [2.45, 2.75) is 0 Å². The van der Waals surface area contributed by atoms with Gasteiger partial charge in [-0.1, -0.05) is 41.9 Å². The number of H-pyrrole nitrogens is 1. The molecular formula is C10H7ClN2O. The van der Waals surface area contributed by atoms with E-state index >= 15 is 0 Å². The highest BCUT2D eigenvalue weighted by molar-refractivity contribution is 6.33. The van der Waals surface area contributed by atoms with Gasteiger partial charge in [0.1, 0.15) is 5.15 Å². The molecule has 0 amide bonds. The molecule has 4 heteroatoms. The van der Waals surface area contributed by atoms with Crippen molar-refractivity contribution in [2.24, 2.45) is 0 Å². The predicted molar refractivity (Wildman–Crippen MR) is 53.5 cm³/mol. The van der Waals surface area contributed by atoms with Crippen LogP contribution < -0.4 is 0 Å². The fourth-order valence-electron chi connectivity index (χ4n) is 1.17. The largest absolute Gasteiger partial charge is 0.288 e. The molecule has 0 bridgehead atoms. The SMILES string of the molecule is O=C(c1ccccc1)c1cn[nH]c1Cl. The van der Waals surface area contributed by atoms with Crippen LogP contribution in [-0.4, -0.2) is 16.0 Å². The van der Waals surface area contributed by atoms with E-state index in [1.54, 1.807) is 24.3 Å². The zero-order chi connectivity index (χ0) is 9.97. The summed E-state index contributed by atoms with van der Waals surface area (Å²) < 4.78 is 0. The minimum absolute atomic E-state index is 0.121. The second kappa shape index (κ2) is 3.64. The molecule has 2 rings (SSSR count). The number of hydrogen-bond acceptors (Lipinski definition) is 2. The molecule has 0 aliphatic heterocycles. The lowest BCUT2D eigenvalue weighted by atomic mass is 10.1. The normalized spacial score (nSPS) is 10.1. The molecule has 0 atom stereocenters. The number of aromatic nitrogens is 2. The molecular weight excluding hydrogens is 200 g/mol. The van der Waals surface area contributed by atoms with E-state index in [9.17, 15) is 4.79 Å².